The Hall–Kier alpha value is -0.530. The van der Waals surface area contributed by atoms with Crippen molar-refractivity contribution in [2.24, 2.45) is 34.0 Å². The van der Waals surface area contributed by atoms with Gasteiger partial charge in [0.15, 0.2) is 0 Å². The van der Waals surface area contributed by atoms with Gasteiger partial charge in [0, 0.05) is 25.6 Å². The first-order valence-electron chi connectivity index (χ1n) is 11.2. The highest BCUT2D eigenvalue weighted by molar-refractivity contribution is 5.92. The number of carbonyl (C=O) groups excluding carboxylic acids is 1. The van der Waals surface area contributed by atoms with Gasteiger partial charge < -0.3 is 24.1 Å². The maximum atomic E-state index is 13.7. The summed E-state index contributed by atoms with van der Waals surface area (Å²) in [4.78, 5) is 13.7. The number of hydrogen-bond donors (Lipinski definition) is 1. The van der Waals surface area contributed by atoms with Crippen LogP contribution in [-0.4, -0.2) is 57.0 Å². The molecule has 6 heteroatoms. The van der Waals surface area contributed by atoms with Gasteiger partial charge in [0.05, 0.1) is 23.7 Å². The van der Waals surface area contributed by atoms with Crippen LogP contribution in [0.4, 0.5) is 0 Å². The maximum Gasteiger partial charge on any atom is 0.147 e. The van der Waals surface area contributed by atoms with E-state index in [0.717, 1.165) is 32.1 Å². The molecule has 4 saturated carbocycles. The van der Waals surface area contributed by atoms with Crippen LogP contribution in [0.3, 0.4) is 0 Å². The van der Waals surface area contributed by atoms with E-state index in [2.05, 4.69) is 20.8 Å². The van der Waals surface area contributed by atoms with Crippen molar-refractivity contribution in [1.29, 1.82) is 0 Å². The summed E-state index contributed by atoms with van der Waals surface area (Å²) in [6, 6.07) is 0. The molecular weight excluding hydrogens is 372 g/mol. The number of rotatable bonds is 6. The van der Waals surface area contributed by atoms with Crippen molar-refractivity contribution in [3.63, 3.8) is 0 Å². The Balaban J connectivity index is 1.80. The van der Waals surface area contributed by atoms with Crippen LogP contribution in [0.5, 0.6) is 0 Å². The van der Waals surface area contributed by atoms with E-state index in [4.69, 9.17) is 18.9 Å². The van der Waals surface area contributed by atoms with E-state index >= 15 is 0 Å². The highest BCUT2D eigenvalue weighted by atomic mass is 16.7. The van der Waals surface area contributed by atoms with E-state index in [-0.39, 0.29) is 54.2 Å². The van der Waals surface area contributed by atoms with Gasteiger partial charge in [0.25, 0.3) is 0 Å². The third-order valence-electron chi connectivity index (χ3n) is 9.18. The third-order valence-corrected chi connectivity index (χ3v) is 9.18. The molecule has 1 spiro atoms. The Morgan fingerprint density at radius 3 is 2.28 bits per heavy atom. The first-order chi connectivity index (χ1) is 13.7. The first-order valence-corrected chi connectivity index (χ1v) is 11.2. The summed E-state index contributed by atoms with van der Waals surface area (Å²) in [5.74, 6) is 0.481. The molecule has 0 amide bonds. The maximum absolute atomic E-state index is 13.7. The Kier molecular flexibility index (Phi) is 5.65. The van der Waals surface area contributed by atoms with Crippen LogP contribution >= 0.6 is 0 Å². The molecule has 1 unspecified atom stereocenters. The van der Waals surface area contributed by atoms with Crippen molar-refractivity contribution in [2.75, 3.05) is 27.8 Å². The van der Waals surface area contributed by atoms with E-state index in [0.29, 0.717) is 12.3 Å². The molecule has 4 fully saturated rings. The van der Waals surface area contributed by atoms with Gasteiger partial charge >= 0.3 is 0 Å². The predicted molar refractivity (Wildman–Crippen MR) is 107 cm³/mol. The average Bonchev–Trinajstić information content (AvgIpc) is 2.81. The molecule has 166 valence electrons. The van der Waals surface area contributed by atoms with E-state index in [1.165, 1.54) is 0 Å². The van der Waals surface area contributed by atoms with Crippen molar-refractivity contribution in [3.8, 4) is 0 Å². The molecule has 0 heterocycles. The second kappa shape index (κ2) is 7.56. The molecule has 0 aromatic carbocycles. The summed E-state index contributed by atoms with van der Waals surface area (Å²) in [6.07, 6.45) is 4.36. The van der Waals surface area contributed by atoms with Gasteiger partial charge in [0.2, 0.25) is 0 Å². The topological polar surface area (TPSA) is 74.2 Å². The second-order valence-electron chi connectivity index (χ2n) is 10.7. The van der Waals surface area contributed by atoms with Gasteiger partial charge in [0.1, 0.15) is 19.4 Å². The van der Waals surface area contributed by atoms with Crippen molar-refractivity contribution in [3.05, 3.63) is 0 Å². The highest BCUT2D eigenvalue weighted by Crippen LogP contribution is 2.71. The molecule has 4 aliphatic carbocycles. The fourth-order valence-corrected chi connectivity index (χ4v) is 8.03. The van der Waals surface area contributed by atoms with E-state index in [9.17, 15) is 9.90 Å². The number of Topliss-reactive ketones (excluding diaryl/α,β-unsaturated/α-hetero) is 1. The molecule has 8 atom stereocenters. The van der Waals surface area contributed by atoms with Gasteiger partial charge in [-0.1, -0.05) is 20.8 Å². The molecule has 0 saturated heterocycles. The lowest BCUT2D eigenvalue weighted by molar-refractivity contribution is -0.263. The van der Waals surface area contributed by atoms with Crippen LogP contribution in [0.15, 0.2) is 0 Å². The minimum absolute atomic E-state index is 0.0489. The van der Waals surface area contributed by atoms with Gasteiger partial charge in [-0.3, -0.25) is 4.79 Å². The molecule has 1 N–H and O–H groups in total. The SMILES string of the molecule is COCO[C@H]1CCC(C)(C)[C@H]2C[C@@H](OCOC)[C@]34CC(O)[C@H](CC[C@H]3[C@]12C)C4=O. The van der Waals surface area contributed by atoms with Gasteiger partial charge in [-0.05, 0) is 55.8 Å². The van der Waals surface area contributed by atoms with Crippen LogP contribution in [0, 0.1) is 34.0 Å². The Morgan fingerprint density at radius 2 is 1.62 bits per heavy atom. The van der Waals surface area contributed by atoms with Crippen molar-refractivity contribution in [2.45, 2.75) is 77.6 Å². The number of hydrogen-bond acceptors (Lipinski definition) is 6. The Morgan fingerprint density at radius 1 is 0.966 bits per heavy atom. The molecule has 4 aliphatic rings. The zero-order chi connectivity index (χ0) is 21.0. The number of ether oxygens (including phenoxy) is 4. The van der Waals surface area contributed by atoms with Crippen LogP contribution < -0.4 is 0 Å². The predicted octanol–water partition coefficient (Wildman–Crippen LogP) is 3.16. The second-order valence-corrected chi connectivity index (χ2v) is 10.7. The number of carbonyl (C=O) groups is 1. The normalized spacial score (nSPS) is 48.3. The summed E-state index contributed by atoms with van der Waals surface area (Å²) >= 11 is 0. The van der Waals surface area contributed by atoms with Crippen LogP contribution in [-0.2, 0) is 23.7 Å². The Bertz CT molecular complexity index is 635. The summed E-state index contributed by atoms with van der Waals surface area (Å²) in [6.45, 7) is 7.50. The summed E-state index contributed by atoms with van der Waals surface area (Å²) in [7, 11) is 3.28. The van der Waals surface area contributed by atoms with Crippen LogP contribution in [0.2, 0.25) is 0 Å². The van der Waals surface area contributed by atoms with Crippen molar-refractivity contribution >= 4 is 5.78 Å². The molecule has 6 nitrogen and oxygen atoms in total. The fourth-order valence-electron chi connectivity index (χ4n) is 8.03. The zero-order valence-electron chi connectivity index (χ0n) is 18.6. The Labute approximate surface area is 174 Å². The summed E-state index contributed by atoms with van der Waals surface area (Å²) in [5, 5.41) is 10.8. The van der Waals surface area contributed by atoms with Gasteiger partial charge in [-0.2, -0.15) is 0 Å². The lowest BCUT2D eigenvalue weighted by atomic mass is 9.39. The minimum atomic E-state index is -0.631. The molecule has 0 aromatic rings. The number of ketones is 1. The molecule has 0 aromatic heterocycles. The highest BCUT2D eigenvalue weighted by Gasteiger charge is 2.73. The van der Waals surface area contributed by atoms with Crippen molar-refractivity contribution in [1.82, 2.24) is 0 Å². The fraction of sp³-hybridized carbons (Fsp3) is 0.957. The first kappa shape index (κ1) is 21.7. The van der Waals surface area contributed by atoms with Crippen molar-refractivity contribution < 1.29 is 28.8 Å². The van der Waals surface area contributed by atoms with E-state index in [1.807, 2.05) is 0 Å². The lowest BCUT2D eigenvalue weighted by Gasteiger charge is -2.66. The average molecular weight is 411 g/mol. The third kappa shape index (κ3) is 2.97. The monoisotopic (exact) mass is 410 g/mol. The summed E-state index contributed by atoms with van der Waals surface area (Å²) in [5.41, 5.74) is -0.652. The molecule has 2 bridgehead atoms. The number of fused-ring (bicyclic) bond motifs is 3. The molecular formula is C23H38O6. The standard InChI is InChI=1S/C23H38O6/c1-21(2)9-8-18(28-12-26-4)22(3)16-7-6-14-15(24)11-23(16,20(14)25)19(10-17(21)22)29-13-27-5/h14-19,24H,6-13H2,1-5H3/t14-,15?,16-,17+,18-,19+,22-,23-/m0/s1. The number of aliphatic hydroxyl groups is 1. The number of methoxy groups -OCH3 is 2. The zero-order valence-corrected chi connectivity index (χ0v) is 18.6. The number of aliphatic hydroxyl groups excluding tert-OH is 1. The lowest BCUT2D eigenvalue weighted by Crippen LogP contribution is -2.68. The smallest absolute Gasteiger partial charge is 0.147 e. The molecule has 0 radical (unpaired) electrons. The van der Waals surface area contributed by atoms with E-state index < -0.39 is 11.5 Å². The van der Waals surface area contributed by atoms with E-state index in [1.54, 1.807) is 14.2 Å². The van der Waals surface area contributed by atoms with Crippen LogP contribution in [0.1, 0.15) is 59.3 Å². The molecule has 4 rings (SSSR count). The summed E-state index contributed by atoms with van der Waals surface area (Å²) < 4.78 is 23.0. The minimum Gasteiger partial charge on any atom is -0.392 e. The quantitative estimate of drug-likeness (QED) is 0.678. The molecule has 0 aliphatic heterocycles. The van der Waals surface area contributed by atoms with Crippen LogP contribution in [0.25, 0.3) is 0 Å². The van der Waals surface area contributed by atoms with Gasteiger partial charge in [-0.15, -0.1) is 0 Å². The molecule has 29 heavy (non-hydrogen) atoms. The van der Waals surface area contributed by atoms with Gasteiger partial charge in [-0.25, -0.2) is 0 Å². The largest absolute Gasteiger partial charge is 0.392 e.